The Morgan fingerprint density at radius 3 is 2.79 bits per heavy atom. The number of nitrogens with zero attached hydrogens (tertiary/aromatic N) is 2. The Morgan fingerprint density at radius 2 is 2.11 bits per heavy atom. The van der Waals surface area contributed by atoms with Crippen molar-refractivity contribution in [3.63, 3.8) is 0 Å². The van der Waals surface area contributed by atoms with Crippen LogP contribution in [-0.4, -0.2) is 15.8 Å². The predicted octanol–water partition coefficient (Wildman–Crippen LogP) is 2.62. The van der Waals surface area contributed by atoms with Crippen LogP contribution in [0.15, 0.2) is 30.6 Å². The molecule has 0 saturated heterocycles. The van der Waals surface area contributed by atoms with Gasteiger partial charge in [-0.2, -0.15) is 0 Å². The van der Waals surface area contributed by atoms with Crippen LogP contribution >= 0.6 is 0 Å². The molecule has 0 radical (unpaired) electrons. The molecule has 1 aromatic carbocycles. The summed E-state index contributed by atoms with van der Waals surface area (Å²) in [5, 5.41) is 0. The van der Waals surface area contributed by atoms with E-state index in [4.69, 9.17) is 10.5 Å². The molecule has 0 bridgehead atoms. The van der Waals surface area contributed by atoms with Gasteiger partial charge < -0.3 is 10.5 Å². The van der Waals surface area contributed by atoms with Gasteiger partial charge in [-0.25, -0.2) is 9.97 Å². The van der Waals surface area contributed by atoms with Gasteiger partial charge in [0, 0.05) is 17.4 Å². The van der Waals surface area contributed by atoms with E-state index in [2.05, 4.69) is 9.97 Å². The molecule has 2 N–H and O–H groups in total. The molecule has 0 aliphatic rings. The molecule has 0 saturated carbocycles. The molecule has 0 spiro atoms. The zero-order chi connectivity index (χ0) is 13.8. The van der Waals surface area contributed by atoms with Crippen molar-refractivity contribution in [1.82, 2.24) is 9.97 Å². The molecule has 1 aromatic heterocycles. The maximum absolute atomic E-state index is 11.6. The van der Waals surface area contributed by atoms with Crippen molar-refractivity contribution in [2.45, 2.75) is 20.3 Å². The van der Waals surface area contributed by atoms with Gasteiger partial charge in [0.2, 0.25) is 5.88 Å². The lowest BCUT2D eigenvalue weighted by atomic mass is 10.1. The zero-order valence-electron chi connectivity index (χ0n) is 10.9. The summed E-state index contributed by atoms with van der Waals surface area (Å²) in [6.45, 7) is 3.47. The number of hydrogen-bond donors (Lipinski definition) is 1. The van der Waals surface area contributed by atoms with E-state index in [1.54, 1.807) is 24.3 Å². The second-order valence-corrected chi connectivity index (χ2v) is 4.11. The van der Waals surface area contributed by atoms with Gasteiger partial charge in [-0.3, -0.25) is 4.79 Å². The number of nitrogen functional groups attached to an aromatic ring is 1. The lowest BCUT2D eigenvalue weighted by molar-refractivity contribution is 0.101. The number of Topliss-reactive ketones (excluding diaryl/α,β-unsaturated/α-hetero) is 1. The third-order valence-electron chi connectivity index (χ3n) is 2.66. The molecule has 0 aliphatic heterocycles. The molecular weight excluding hydrogens is 242 g/mol. The Balaban J connectivity index is 2.34. The summed E-state index contributed by atoms with van der Waals surface area (Å²) >= 11 is 0. The number of carbonyl (C=O) groups is 1. The van der Waals surface area contributed by atoms with E-state index in [0.717, 1.165) is 12.1 Å². The SMILES string of the molecule is CCc1cc(Oc2ccc(N)cc2C(C)=O)ncn1. The number of ketones is 1. The van der Waals surface area contributed by atoms with Gasteiger partial charge in [-0.15, -0.1) is 0 Å². The summed E-state index contributed by atoms with van der Waals surface area (Å²) in [7, 11) is 0. The smallest absolute Gasteiger partial charge is 0.222 e. The van der Waals surface area contributed by atoms with Crippen molar-refractivity contribution in [2.75, 3.05) is 5.73 Å². The van der Waals surface area contributed by atoms with Crippen LogP contribution in [0.1, 0.15) is 29.9 Å². The number of aromatic nitrogens is 2. The Kier molecular flexibility index (Phi) is 3.75. The quantitative estimate of drug-likeness (QED) is 0.672. The van der Waals surface area contributed by atoms with Crippen LogP contribution in [0.25, 0.3) is 0 Å². The van der Waals surface area contributed by atoms with Gasteiger partial charge in [0.15, 0.2) is 5.78 Å². The van der Waals surface area contributed by atoms with E-state index in [1.165, 1.54) is 13.3 Å². The molecule has 2 aromatic rings. The Bertz CT molecular complexity index is 611. The third kappa shape index (κ3) is 3.07. The fourth-order valence-electron chi connectivity index (χ4n) is 1.65. The summed E-state index contributed by atoms with van der Waals surface area (Å²) in [4.78, 5) is 19.7. The normalized spacial score (nSPS) is 10.2. The number of aryl methyl sites for hydroxylation is 1. The highest BCUT2D eigenvalue weighted by Gasteiger charge is 2.10. The molecule has 1 heterocycles. The summed E-state index contributed by atoms with van der Waals surface area (Å²) in [6.07, 6.45) is 2.24. The number of anilines is 1. The molecule has 0 atom stereocenters. The van der Waals surface area contributed by atoms with Crippen LogP contribution in [0.3, 0.4) is 0 Å². The average Bonchev–Trinajstić information content (AvgIpc) is 2.41. The Morgan fingerprint density at radius 1 is 1.32 bits per heavy atom. The minimum atomic E-state index is -0.105. The molecule has 19 heavy (non-hydrogen) atoms. The van der Waals surface area contributed by atoms with E-state index in [9.17, 15) is 4.79 Å². The molecular formula is C14H15N3O2. The standard InChI is InChI=1S/C14H15N3O2/c1-3-11-7-14(17-8-16-11)19-13-5-4-10(15)6-12(13)9(2)18/h4-8H,3,15H2,1-2H3. The summed E-state index contributed by atoms with van der Waals surface area (Å²) < 4.78 is 5.64. The van der Waals surface area contributed by atoms with Crippen LogP contribution in [0.5, 0.6) is 11.6 Å². The molecule has 0 fully saturated rings. The highest BCUT2D eigenvalue weighted by Crippen LogP contribution is 2.26. The second-order valence-electron chi connectivity index (χ2n) is 4.11. The van der Waals surface area contributed by atoms with Crippen LogP contribution < -0.4 is 10.5 Å². The molecule has 0 amide bonds. The lowest BCUT2D eigenvalue weighted by Gasteiger charge is -2.09. The van der Waals surface area contributed by atoms with Gasteiger partial charge in [-0.1, -0.05) is 6.92 Å². The van der Waals surface area contributed by atoms with Crippen molar-refractivity contribution in [2.24, 2.45) is 0 Å². The zero-order valence-corrected chi connectivity index (χ0v) is 10.9. The first-order valence-corrected chi connectivity index (χ1v) is 5.99. The maximum Gasteiger partial charge on any atom is 0.222 e. The highest BCUT2D eigenvalue weighted by atomic mass is 16.5. The third-order valence-corrected chi connectivity index (χ3v) is 2.66. The van der Waals surface area contributed by atoms with E-state index in [0.29, 0.717) is 22.9 Å². The first kappa shape index (κ1) is 13.0. The minimum Gasteiger partial charge on any atom is -0.438 e. The predicted molar refractivity (Wildman–Crippen MR) is 72.3 cm³/mol. The summed E-state index contributed by atoms with van der Waals surface area (Å²) in [5.74, 6) is 0.758. The molecule has 0 aliphatic carbocycles. The van der Waals surface area contributed by atoms with E-state index < -0.39 is 0 Å². The number of carbonyl (C=O) groups excluding carboxylic acids is 1. The molecule has 5 nitrogen and oxygen atoms in total. The monoisotopic (exact) mass is 257 g/mol. The van der Waals surface area contributed by atoms with E-state index in [1.807, 2.05) is 6.92 Å². The number of rotatable bonds is 4. The number of ether oxygens (including phenoxy) is 1. The second kappa shape index (κ2) is 5.48. The Labute approximate surface area is 111 Å². The molecule has 2 rings (SSSR count). The van der Waals surface area contributed by atoms with Gasteiger partial charge in [-0.05, 0) is 31.5 Å². The van der Waals surface area contributed by atoms with Crippen molar-refractivity contribution < 1.29 is 9.53 Å². The fourth-order valence-corrected chi connectivity index (χ4v) is 1.65. The minimum absolute atomic E-state index is 0.105. The van der Waals surface area contributed by atoms with Crippen LogP contribution in [-0.2, 0) is 6.42 Å². The number of benzene rings is 1. The Hall–Kier alpha value is -2.43. The number of nitrogens with two attached hydrogens (primary N) is 1. The van der Waals surface area contributed by atoms with E-state index in [-0.39, 0.29) is 5.78 Å². The van der Waals surface area contributed by atoms with E-state index >= 15 is 0 Å². The average molecular weight is 257 g/mol. The van der Waals surface area contributed by atoms with Gasteiger partial charge in [0.25, 0.3) is 0 Å². The summed E-state index contributed by atoms with van der Waals surface area (Å²) in [6, 6.07) is 6.70. The van der Waals surface area contributed by atoms with Crippen LogP contribution in [0.4, 0.5) is 5.69 Å². The van der Waals surface area contributed by atoms with Gasteiger partial charge in [0.1, 0.15) is 12.1 Å². The maximum atomic E-state index is 11.6. The first-order valence-electron chi connectivity index (χ1n) is 5.99. The van der Waals surface area contributed by atoms with Gasteiger partial charge >= 0.3 is 0 Å². The van der Waals surface area contributed by atoms with Crippen LogP contribution in [0, 0.1) is 0 Å². The molecule has 5 heteroatoms. The highest BCUT2D eigenvalue weighted by molar-refractivity contribution is 5.97. The first-order chi connectivity index (χ1) is 9.10. The van der Waals surface area contributed by atoms with Gasteiger partial charge in [0.05, 0.1) is 5.56 Å². The van der Waals surface area contributed by atoms with Crippen molar-refractivity contribution in [3.05, 3.63) is 41.9 Å². The fraction of sp³-hybridized carbons (Fsp3) is 0.214. The molecule has 98 valence electrons. The van der Waals surface area contributed by atoms with Crippen molar-refractivity contribution in [1.29, 1.82) is 0 Å². The topological polar surface area (TPSA) is 78.1 Å². The lowest BCUT2D eigenvalue weighted by Crippen LogP contribution is -2.00. The number of hydrogen-bond acceptors (Lipinski definition) is 5. The van der Waals surface area contributed by atoms with Crippen molar-refractivity contribution >= 4 is 11.5 Å². The molecule has 0 unspecified atom stereocenters. The van der Waals surface area contributed by atoms with Crippen LogP contribution in [0.2, 0.25) is 0 Å². The van der Waals surface area contributed by atoms with Crippen molar-refractivity contribution in [3.8, 4) is 11.6 Å². The summed E-state index contributed by atoms with van der Waals surface area (Å²) in [5.41, 5.74) is 7.51. The largest absolute Gasteiger partial charge is 0.438 e.